The van der Waals surface area contributed by atoms with E-state index in [1.54, 1.807) is 15.9 Å². The SMILES string of the molecule is CCc1cc(Cl)c(Cl)cc1NCC(=O)N1CCN(C(=O)OC(C)(C)C)CC1. The fourth-order valence-corrected chi connectivity index (χ4v) is 3.14. The van der Waals surface area contributed by atoms with Crippen LogP contribution in [0.1, 0.15) is 33.3 Å². The highest BCUT2D eigenvalue weighted by atomic mass is 35.5. The number of hydrogen-bond donors (Lipinski definition) is 1. The smallest absolute Gasteiger partial charge is 0.410 e. The van der Waals surface area contributed by atoms with Crippen molar-refractivity contribution < 1.29 is 14.3 Å². The van der Waals surface area contributed by atoms with Gasteiger partial charge >= 0.3 is 6.09 Å². The number of aryl methyl sites for hydroxylation is 1. The maximum atomic E-state index is 12.5. The number of nitrogens with one attached hydrogen (secondary N) is 1. The first kappa shape index (κ1) is 21.6. The van der Waals surface area contributed by atoms with E-state index in [9.17, 15) is 9.59 Å². The molecular formula is C19H27Cl2N3O3. The molecule has 1 fully saturated rings. The molecule has 0 atom stereocenters. The molecule has 0 bridgehead atoms. The number of amides is 2. The molecule has 1 N–H and O–H groups in total. The third-order valence-corrected chi connectivity index (χ3v) is 4.96. The Balaban J connectivity index is 1.87. The van der Waals surface area contributed by atoms with Gasteiger partial charge in [-0.05, 0) is 44.9 Å². The minimum Gasteiger partial charge on any atom is -0.444 e. The van der Waals surface area contributed by atoms with Crippen LogP contribution in [0.4, 0.5) is 10.5 Å². The summed E-state index contributed by atoms with van der Waals surface area (Å²) in [5, 5.41) is 4.11. The van der Waals surface area contributed by atoms with Gasteiger partial charge in [-0.25, -0.2) is 4.79 Å². The molecule has 2 rings (SSSR count). The van der Waals surface area contributed by atoms with Crippen LogP contribution < -0.4 is 5.32 Å². The van der Waals surface area contributed by atoms with Crippen LogP contribution in [-0.4, -0.2) is 60.1 Å². The van der Waals surface area contributed by atoms with E-state index in [1.165, 1.54) is 0 Å². The van der Waals surface area contributed by atoms with E-state index >= 15 is 0 Å². The fourth-order valence-electron chi connectivity index (χ4n) is 2.79. The number of benzene rings is 1. The molecule has 1 aromatic rings. The van der Waals surface area contributed by atoms with E-state index in [0.29, 0.717) is 36.2 Å². The molecule has 0 radical (unpaired) electrons. The second kappa shape index (κ2) is 9.02. The van der Waals surface area contributed by atoms with Crippen molar-refractivity contribution in [1.29, 1.82) is 0 Å². The van der Waals surface area contributed by atoms with Crippen LogP contribution in [0.25, 0.3) is 0 Å². The van der Waals surface area contributed by atoms with Crippen molar-refractivity contribution in [2.24, 2.45) is 0 Å². The first-order valence-corrected chi connectivity index (χ1v) is 9.83. The number of halogens is 2. The number of carbonyl (C=O) groups is 2. The van der Waals surface area contributed by atoms with Crippen molar-refractivity contribution in [3.8, 4) is 0 Å². The normalized spacial score (nSPS) is 14.9. The van der Waals surface area contributed by atoms with Crippen LogP contribution in [-0.2, 0) is 16.0 Å². The van der Waals surface area contributed by atoms with E-state index in [2.05, 4.69) is 5.32 Å². The van der Waals surface area contributed by atoms with Crippen LogP contribution >= 0.6 is 23.2 Å². The van der Waals surface area contributed by atoms with Gasteiger partial charge in [0.1, 0.15) is 5.60 Å². The van der Waals surface area contributed by atoms with Crippen LogP contribution in [0.2, 0.25) is 10.0 Å². The fraction of sp³-hybridized carbons (Fsp3) is 0.579. The van der Waals surface area contributed by atoms with Crippen molar-refractivity contribution in [2.45, 2.75) is 39.7 Å². The van der Waals surface area contributed by atoms with Gasteiger partial charge in [0.05, 0.1) is 16.6 Å². The van der Waals surface area contributed by atoms with E-state index in [0.717, 1.165) is 17.7 Å². The van der Waals surface area contributed by atoms with Crippen molar-refractivity contribution in [1.82, 2.24) is 9.80 Å². The lowest BCUT2D eigenvalue weighted by Crippen LogP contribution is -2.52. The Morgan fingerprint density at radius 1 is 1.07 bits per heavy atom. The van der Waals surface area contributed by atoms with E-state index in [4.69, 9.17) is 27.9 Å². The van der Waals surface area contributed by atoms with Crippen molar-refractivity contribution in [2.75, 3.05) is 38.0 Å². The molecule has 0 saturated carbocycles. The minimum absolute atomic E-state index is 0.0213. The Morgan fingerprint density at radius 2 is 1.63 bits per heavy atom. The Kier molecular flexibility index (Phi) is 7.23. The average molecular weight is 416 g/mol. The Labute approximate surface area is 170 Å². The molecule has 0 unspecified atom stereocenters. The number of nitrogens with zero attached hydrogens (tertiary/aromatic N) is 2. The molecule has 150 valence electrons. The number of rotatable bonds is 4. The van der Waals surface area contributed by atoms with Crippen molar-refractivity contribution >= 4 is 40.9 Å². The van der Waals surface area contributed by atoms with Gasteiger partial charge in [0.15, 0.2) is 0 Å². The molecule has 0 spiro atoms. The van der Waals surface area contributed by atoms with E-state index in [-0.39, 0.29) is 18.5 Å². The van der Waals surface area contributed by atoms with Crippen LogP contribution in [0.3, 0.4) is 0 Å². The van der Waals surface area contributed by atoms with Gasteiger partial charge in [0.2, 0.25) is 5.91 Å². The first-order chi connectivity index (χ1) is 12.6. The topological polar surface area (TPSA) is 61.9 Å². The van der Waals surface area contributed by atoms with Crippen molar-refractivity contribution in [3.05, 3.63) is 27.7 Å². The van der Waals surface area contributed by atoms with Gasteiger partial charge in [-0.15, -0.1) is 0 Å². The summed E-state index contributed by atoms with van der Waals surface area (Å²) < 4.78 is 5.37. The maximum absolute atomic E-state index is 12.5. The quantitative estimate of drug-likeness (QED) is 0.805. The molecule has 0 aromatic heterocycles. The second-order valence-corrected chi connectivity index (χ2v) is 8.29. The zero-order valence-corrected chi connectivity index (χ0v) is 17.8. The van der Waals surface area contributed by atoms with Gasteiger partial charge in [0, 0.05) is 31.9 Å². The highest BCUT2D eigenvalue weighted by Gasteiger charge is 2.27. The molecule has 1 aliphatic rings. The van der Waals surface area contributed by atoms with Crippen LogP contribution in [0, 0.1) is 0 Å². The molecule has 1 saturated heterocycles. The third-order valence-electron chi connectivity index (χ3n) is 4.24. The molecule has 27 heavy (non-hydrogen) atoms. The number of carbonyl (C=O) groups excluding carboxylic acids is 2. The lowest BCUT2D eigenvalue weighted by molar-refractivity contribution is -0.131. The Hall–Kier alpha value is -1.66. The lowest BCUT2D eigenvalue weighted by atomic mass is 10.1. The second-order valence-electron chi connectivity index (χ2n) is 7.48. The van der Waals surface area contributed by atoms with E-state index in [1.807, 2.05) is 33.8 Å². The molecular weight excluding hydrogens is 389 g/mol. The zero-order chi connectivity index (χ0) is 20.2. The number of ether oxygens (including phenoxy) is 1. The molecule has 0 aliphatic carbocycles. The summed E-state index contributed by atoms with van der Waals surface area (Å²) in [4.78, 5) is 28.0. The van der Waals surface area contributed by atoms with Gasteiger partial charge in [-0.1, -0.05) is 30.1 Å². The van der Waals surface area contributed by atoms with Gasteiger partial charge < -0.3 is 19.9 Å². The van der Waals surface area contributed by atoms with Gasteiger partial charge in [-0.3, -0.25) is 4.79 Å². The lowest BCUT2D eigenvalue weighted by Gasteiger charge is -2.35. The summed E-state index contributed by atoms with van der Waals surface area (Å²) in [6.07, 6.45) is 0.443. The summed E-state index contributed by atoms with van der Waals surface area (Å²) in [6, 6.07) is 3.56. The summed E-state index contributed by atoms with van der Waals surface area (Å²) in [5.41, 5.74) is 1.30. The average Bonchev–Trinajstić information content (AvgIpc) is 2.60. The highest BCUT2D eigenvalue weighted by Crippen LogP contribution is 2.29. The van der Waals surface area contributed by atoms with Crippen LogP contribution in [0.5, 0.6) is 0 Å². The first-order valence-electron chi connectivity index (χ1n) is 9.08. The van der Waals surface area contributed by atoms with Gasteiger partial charge in [-0.2, -0.15) is 0 Å². The summed E-state index contributed by atoms with van der Waals surface area (Å²) in [5.74, 6) is -0.0213. The Morgan fingerprint density at radius 3 is 2.19 bits per heavy atom. The largest absolute Gasteiger partial charge is 0.444 e. The molecule has 8 heteroatoms. The van der Waals surface area contributed by atoms with Gasteiger partial charge in [0.25, 0.3) is 0 Å². The van der Waals surface area contributed by atoms with Crippen molar-refractivity contribution in [3.63, 3.8) is 0 Å². The number of piperazine rings is 1. The number of hydrogen-bond acceptors (Lipinski definition) is 4. The molecule has 6 nitrogen and oxygen atoms in total. The monoisotopic (exact) mass is 415 g/mol. The number of anilines is 1. The van der Waals surface area contributed by atoms with Crippen LogP contribution in [0.15, 0.2) is 12.1 Å². The molecule has 1 aromatic carbocycles. The maximum Gasteiger partial charge on any atom is 0.410 e. The molecule has 1 aliphatic heterocycles. The Bertz CT molecular complexity index is 696. The zero-order valence-electron chi connectivity index (χ0n) is 16.3. The molecule has 2 amide bonds. The predicted octanol–water partition coefficient (Wildman–Crippen LogP) is 4.05. The summed E-state index contributed by atoms with van der Waals surface area (Å²) in [6.45, 7) is 9.60. The standard InChI is InChI=1S/C19H27Cl2N3O3/c1-5-13-10-14(20)15(21)11-16(13)22-12-17(25)23-6-8-24(9-7-23)18(26)27-19(2,3)4/h10-11,22H,5-9,12H2,1-4H3. The highest BCUT2D eigenvalue weighted by molar-refractivity contribution is 6.42. The summed E-state index contributed by atoms with van der Waals surface area (Å²) >= 11 is 12.1. The predicted molar refractivity (Wildman–Crippen MR) is 109 cm³/mol. The third kappa shape index (κ3) is 6.18. The van der Waals surface area contributed by atoms with E-state index < -0.39 is 5.60 Å². The molecule has 1 heterocycles. The summed E-state index contributed by atoms with van der Waals surface area (Å²) in [7, 11) is 0. The minimum atomic E-state index is -0.523.